The van der Waals surface area contributed by atoms with Gasteiger partial charge in [-0.2, -0.15) is 0 Å². The molecule has 4 aromatic heterocycles. The van der Waals surface area contributed by atoms with Crippen LogP contribution in [0.2, 0.25) is 0 Å². The molecule has 0 saturated carbocycles. The van der Waals surface area contributed by atoms with Crippen molar-refractivity contribution in [2.45, 2.75) is 0 Å². The first-order chi connectivity index (χ1) is 19.9. The van der Waals surface area contributed by atoms with Crippen LogP contribution in [0.25, 0.3) is 61.6 Å². The molecule has 0 amide bonds. The largest absolute Gasteiger partial charge is 0.501 e. The van der Waals surface area contributed by atoms with E-state index in [1.165, 1.54) is 6.33 Å². The molecule has 0 spiro atoms. The number of aromatic nitrogens is 6. The first-order valence-corrected chi connectivity index (χ1v) is 12.7. The van der Waals surface area contributed by atoms with Gasteiger partial charge >= 0.3 is 0 Å². The van der Waals surface area contributed by atoms with E-state index in [9.17, 15) is 0 Å². The van der Waals surface area contributed by atoms with Gasteiger partial charge in [-0.1, -0.05) is 59.5 Å². The van der Waals surface area contributed by atoms with Gasteiger partial charge in [0.15, 0.2) is 5.65 Å². The molecular formula is C33H20IrN6O-2. The van der Waals surface area contributed by atoms with Crippen molar-refractivity contribution in [3.05, 3.63) is 134 Å². The first kappa shape index (κ1) is 26.2. The molecule has 0 unspecified atom stereocenters. The second-order valence-electron chi connectivity index (χ2n) is 8.90. The Morgan fingerprint density at radius 2 is 1.54 bits per heavy atom. The summed E-state index contributed by atoms with van der Waals surface area (Å²) in [4.78, 5) is 13.3. The van der Waals surface area contributed by atoms with Crippen molar-refractivity contribution >= 4 is 33.2 Å². The van der Waals surface area contributed by atoms with Gasteiger partial charge in [-0.15, -0.1) is 64.3 Å². The Hall–Kier alpha value is -5.04. The van der Waals surface area contributed by atoms with E-state index in [4.69, 9.17) is 9.40 Å². The van der Waals surface area contributed by atoms with E-state index in [-0.39, 0.29) is 20.1 Å². The molecular weight excluding hydrogens is 689 g/mol. The minimum Gasteiger partial charge on any atom is -0.501 e. The number of imidazole rings is 1. The van der Waals surface area contributed by atoms with Crippen molar-refractivity contribution in [3.8, 4) is 28.3 Å². The second-order valence-corrected chi connectivity index (χ2v) is 8.90. The molecule has 8 rings (SSSR count). The third-order valence-electron chi connectivity index (χ3n) is 6.45. The summed E-state index contributed by atoms with van der Waals surface area (Å²) >= 11 is 0. The van der Waals surface area contributed by atoms with Gasteiger partial charge in [0.2, 0.25) is 5.65 Å². The van der Waals surface area contributed by atoms with Gasteiger partial charge in [-0.3, -0.25) is 4.98 Å². The van der Waals surface area contributed by atoms with Crippen molar-refractivity contribution in [2.75, 3.05) is 0 Å². The molecule has 41 heavy (non-hydrogen) atoms. The number of para-hydroxylation sites is 2. The molecule has 4 heterocycles. The molecule has 0 saturated heterocycles. The van der Waals surface area contributed by atoms with E-state index < -0.39 is 0 Å². The van der Waals surface area contributed by atoms with Crippen LogP contribution in [-0.4, -0.2) is 29.7 Å². The summed E-state index contributed by atoms with van der Waals surface area (Å²) in [6.07, 6.45) is 3.22. The summed E-state index contributed by atoms with van der Waals surface area (Å²) in [5.41, 5.74) is 6.39. The van der Waals surface area contributed by atoms with Gasteiger partial charge in [-0.25, -0.2) is 4.98 Å². The third-order valence-corrected chi connectivity index (χ3v) is 6.45. The van der Waals surface area contributed by atoms with Crippen LogP contribution in [0.5, 0.6) is 0 Å². The van der Waals surface area contributed by atoms with E-state index in [1.807, 2.05) is 108 Å². The van der Waals surface area contributed by atoms with Gasteiger partial charge in [0, 0.05) is 37.4 Å². The summed E-state index contributed by atoms with van der Waals surface area (Å²) in [7, 11) is 0. The second kappa shape index (κ2) is 11.6. The molecule has 0 aliphatic rings. The quantitative estimate of drug-likeness (QED) is 0.182. The van der Waals surface area contributed by atoms with Gasteiger partial charge in [0.05, 0.1) is 11.4 Å². The Morgan fingerprint density at radius 1 is 0.707 bits per heavy atom. The summed E-state index contributed by atoms with van der Waals surface area (Å²) in [6, 6.07) is 42.0. The number of benzene rings is 4. The minimum absolute atomic E-state index is 0. The normalized spacial score (nSPS) is 10.7. The fourth-order valence-corrected chi connectivity index (χ4v) is 4.66. The number of hydrogen-bond donors (Lipinski definition) is 0. The van der Waals surface area contributed by atoms with Crippen LogP contribution in [0.4, 0.5) is 0 Å². The number of furan rings is 1. The third kappa shape index (κ3) is 5.02. The van der Waals surface area contributed by atoms with Crippen molar-refractivity contribution in [3.63, 3.8) is 0 Å². The van der Waals surface area contributed by atoms with E-state index in [1.54, 1.807) is 6.20 Å². The Kier molecular flexibility index (Phi) is 7.41. The smallest absolute Gasteiger partial charge is 0.210 e. The molecule has 0 atom stereocenters. The molecule has 7 nitrogen and oxygen atoms in total. The maximum atomic E-state index is 6.18. The average Bonchev–Trinajstić information content (AvgIpc) is 3.62. The molecule has 199 valence electrons. The van der Waals surface area contributed by atoms with Crippen LogP contribution in [-0.2, 0) is 20.1 Å². The molecule has 8 aromatic rings. The fourth-order valence-electron chi connectivity index (χ4n) is 4.66. The zero-order valence-corrected chi connectivity index (χ0v) is 23.9. The topological polar surface area (TPSA) is 82.5 Å². The van der Waals surface area contributed by atoms with Crippen molar-refractivity contribution in [2.24, 2.45) is 0 Å². The van der Waals surface area contributed by atoms with Crippen molar-refractivity contribution in [1.29, 1.82) is 0 Å². The zero-order valence-electron chi connectivity index (χ0n) is 21.5. The monoisotopic (exact) mass is 709 g/mol. The zero-order chi connectivity index (χ0) is 26.7. The molecule has 4 aromatic carbocycles. The van der Waals surface area contributed by atoms with Crippen molar-refractivity contribution < 1.29 is 24.5 Å². The number of rotatable bonds is 3. The van der Waals surface area contributed by atoms with Crippen LogP contribution in [0.15, 0.2) is 126 Å². The van der Waals surface area contributed by atoms with Gasteiger partial charge < -0.3 is 14.0 Å². The summed E-state index contributed by atoms with van der Waals surface area (Å²) in [6.45, 7) is 0. The molecule has 8 heteroatoms. The predicted molar refractivity (Wildman–Crippen MR) is 155 cm³/mol. The van der Waals surface area contributed by atoms with E-state index in [2.05, 4.69) is 38.4 Å². The van der Waals surface area contributed by atoms with E-state index in [0.717, 1.165) is 44.4 Å². The van der Waals surface area contributed by atoms with Crippen LogP contribution in [0.3, 0.4) is 0 Å². The number of hydrogen-bond acceptors (Lipinski definition) is 6. The van der Waals surface area contributed by atoms with Gasteiger partial charge in [0.1, 0.15) is 11.9 Å². The predicted octanol–water partition coefficient (Wildman–Crippen LogP) is 7.12. The molecule has 0 aliphatic carbocycles. The first-order valence-electron chi connectivity index (χ1n) is 12.7. The maximum absolute atomic E-state index is 6.18. The van der Waals surface area contributed by atoms with Crippen LogP contribution in [0.1, 0.15) is 0 Å². The van der Waals surface area contributed by atoms with E-state index >= 15 is 0 Å². The number of nitrogens with zero attached hydrogens (tertiary/aromatic N) is 6. The fraction of sp³-hybridized carbons (Fsp3) is 0. The van der Waals surface area contributed by atoms with Gasteiger partial charge in [-0.05, 0) is 30.0 Å². The van der Waals surface area contributed by atoms with E-state index in [0.29, 0.717) is 17.1 Å². The molecule has 0 N–H and O–H groups in total. The molecule has 0 aliphatic heterocycles. The maximum Gasteiger partial charge on any atom is 0.210 e. The van der Waals surface area contributed by atoms with Crippen molar-refractivity contribution in [1.82, 2.24) is 29.7 Å². The number of pyridine rings is 1. The van der Waals surface area contributed by atoms with Crippen LogP contribution in [0, 0.1) is 12.1 Å². The minimum atomic E-state index is 0. The Morgan fingerprint density at radius 3 is 2.37 bits per heavy atom. The van der Waals surface area contributed by atoms with Crippen LogP contribution < -0.4 is 0 Å². The summed E-state index contributed by atoms with van der Waals surface area (Å²) in [5.74, 6) is 0.666. The molecule has 0 fully saturated rings. The molecule has 0 bridgehead atoms. The molecule has 1 radical (unpaired) electrons. The average molecular weight is 709 g/mol. The Balaban J connectivity index is 0.000000196. The standard InChI is InChI=1S/C22H12N5O.C11H8N.Ir/c1-2-7-14(8-3-1)27-21(25-20-22(27)23-13-24-26-20)17-11-6-10-16-15-9-4-5-12-18(15)28-19(16)17;1-2-6-10(7-3-1)11-8-4-5-9-12-11;/h1-10,12-13H;1-6,8-9H;/q2*-1;. The van der Waals surface area contributed by atoms with Crippen LogP contribution >= 0.6 is 0 Å². The van der Waals surface area contributed by atoms with Gasteiger partial charge in [0.25, 0.3) is 0 Å². The summed E-state index contributed by atoms with van der Waals surface area (Å²) in [5, 5.41) is 10.1. The summed E-state index contributed by atoms with van der Waals surface area (Å²) < 4.78 is 8.14. The Bertz CT molecular complexity index is 2020. The number of fused-ring (bicyclic) bond motifs is 4. The Labute approximate surface area is 248 Å². The SMILES string of the molecule is [Ir].[c-]1ccc2c(oc3ccccc32)c1-c1nc2nncnc2n1-c1ccccc1.[c-]1ccccc1-c1ccccn1.